The molecule has 0 rings (SSSR count). The molecular formula is C5H11NO3S. The second-order valence-electron chi connectivity index (χ2n) is 2.16. The lowest BCUT2D eigenvalue weighted by molar-refractivity contribution is -0.110. The van der Waals surface area contributed by atoms with Gasteiger partial charge in [0.05, 0.1) is 12.3 Å². The van der Waals surface area contributed by atoms with E-state index in [0.717, 1.165) is 10.6 Å². The van der Waals surface area contributed by atoms with E-state index in [-0.39, 0.29) is 0 Å². The summed E-state index contributed by atoms with van der Waals surface area (Å²) in [5.41, 5.74) is 0. The van der Waals surface area contributed by atoms with Crippen LogP contribution in [0.5, 0.6) is 0 Å². The van der Waals surface area contributed by atoms with Crippen molar-refractivity contribution in [1.82, 2.24) is 4.31 Å². The Balaban J connectivity index is 4.37. The number of nitrogens with zero attached hydrogens (tertiary/aromatic N) is 1. The van der Waals surface area contributed by atoms with Crippen LogP contribution in [-0.2, 0) is 14.8 Å². The van der Waals surface area contributed by atoms with Gasteiger partial charge < -0.3 is 4.79 Å². The zero-order valence-corrected chi connectivity index (χ0v) is 7.05. The van der Waals surface area contributed by atoms with E-state index in [1.807, 2.05) is 0 Å². The fourth-order valence-corrected chi connectivity index (χ4v) is 1.04. The van der Waals surface area contributed by atoms with E-state index in [0.29, 0.717) is 6.29 Å². The van der Waals surface area contributed by atoms with Crippen LogP contribution in [-0.4, -0.2) is 38.4 Å². The predicted molar refractivity (Wildman–Crippen MR) is 38.1 cm³/mol. The van der Waals surface area contributed by atoms with Gasteiger partial charge in [-0.3, -0.25) is 0 Å². The number of sulfonamides is 1. The summed E-state index contributed by atoms with van der Waals surface area (Å²) in [5, 5.41) is 0. The molecule has 0 N–H and O–H groups in total. The maximum absolute atomic E-state index is 10.7. The van der Waals surface area contributed by atoms with Gasteiger partial charge in [-0.25, -0.2) is 8.42 Å². The second kappa shape index (κ2) is 3.12. The number of likely N-dealkylation sites (N-methyl/N-ethyl adjacent to an activating group) is 1. The van der Waals surface area contributed by atoms with Crippen LogP contribution < -0.4 is 0 Å². The van der Waals surface area contributed by atoms with Crippen molar-refractivity contribution in [1.29, 1.82) is 0 Å². The Morgan fingerprint density at radius 3 is 2.00 bits per heavy atom. The molecule has 1 unspecified atom stereocenters. The van der Waals surface area contributed by atoms with Gasteiger partial charge in [0.15, 0.2) is 0 Å². The Labute approximate surface area is 60.9 Å². The molecule has 1 atom stereocenters. The van der Waals surface area contributed by atoms with Gasteiger partial charge in [0.1, 0.15) is 6.29 Å². The molecule has 0 saturated heterocycles. The average molecular weight is 165 g/mol. The first-order valence-electron chi connectivity index (χ1n) is 2.78. The molecular weight excluding hydrogens is 154 g/mol. The molecule has 0 aromatic rings. The van der Waals surface area contributed by atoms with Gasteiger partial charge in [0.25, 0.3) is 0 Å². The van der Waals surface area contributed by atoms with Crippen molar-refractivity contribution in [2.45, 2.75) is 13.0 Å². The van der Waals surface area contributed by atoms with E-state index in [2.05, 4.69) is 0 Å². The molecule has 0 aromatic carbocycles. The third-order valence-electron chi connectivity index (χ3n) is 1.29. The van der Waals surface area contributed by atoms with E-state index in [4.69, 9.17) is 0 Å². The molecule has 0 spiro atoms. The van der Waals surface area contributed by atoms with Crippen LogP contribution >= 0.6 is 0 Å². The second-order valence-corrected chi connectivity index (χ2v) is 4.20. The third kappa shape index (κ3) is 2.45. The van der Waals surface area contributed by atoms with Gasteiger partial charge in [-0.1, -0.05) is 0 Å². The Bertz CT molecular complexity index is 209. The summed E-state index contributed by atoms with van der Waals surface area (Å²) >= 11 is 0. The van der Waals surface area contributed by atoms with Crippen molar-refractivity contribution in [2.24, 2.45) is 0 Å². The maximum Gasteiger partial charge on any atom is 0.211 e. The summed E-state index contributed by atoms with van der Waals surface area (Å²) in [6.45, 7) is 1.52. The monoisotopic (exact) mass is 165 g/mol. The van der Waals surface area contributed by atoms with Gasteiger partial charge >= 0.3 is 0 Å². The normalized spacial score (nSPS) is 15.2. The molecule has 10 heavy (non-hydrogen) atoms. The first-order chi connectivity index (χ1) is 4.39. The quantitative estimate of drug-likeness (QED) is 0.528. The fourth-order valence-electron chi connectivity index (χ4n) is 0.388. The highest BCUT2D eigenvalue weighted by atomic mass is 32.2. The molecule has 0 amide bonds. The summed E-state index contributed by atoms with van der Waals surface area (Å²) < 4.78 is 22.4. The van der Waals surface area contributed by atoms with E-state index < -0.39 is 16.1 Å². The summed E-state index contributed by atoms with van der Waals surface area (Å²) in [4.78, 5) is 10.1. The SMILES string of the molecule is CC(C=O)N(C)S(C)(=O)=O. The minimum Gasteiger partial charge on any atom is -0.302 e. The number of hydrogen-bond acceptors (Lipinski definition) is 3. The molecule has 60 valence electrons. The lowest BCUT2D eigenvalue weighted by atomic mass is 10.4. The Hall–Kier alpha value is -0.420. The van der Waals surface area contributed by atoms with Crippen LogP contribution in [0.1, 0.15) is 6.92 Å². The average Bonchev–Trinajstić information content (AvgIpc) is 1.83. The van der Waals surface area contributed by atoms with Crippen molar-refractivity contribution in [3.05, 3.63) is 0 Å². The van der Waals surface area contributed by atoms with Crippen LogP contribution in [0.15, 0.2) is 0 Å². The fraction of sp³-hybridized carbons (Fsp3) is 0.800. The summed E-state index contributed by atoms with van der Waals surface area (Å²) in [5.74, 6) is 0. The van der Waals surface area contributed by atoms with Crippen LogP contribution in [0.3, 0.4) is 0 Å². The highest BCUT2D eigenvalue weighted by Gasteiger charge is 2.16. The lowest BCUT2D eigenvalue weighted by Gasteiger charge is -2.16. The Morgan fingerprint density at radius 2 is 1.90 bits per heavy atom. The van der Waals surface area contributed by atoms with Crippen molar-refractivity contribution in [3.8, 4) is 0 Å². The van der Waals surface area contributed by atoms with Crippen molar-refractivity contribution in [2.75, 3.05) is 13.3 Å². The van der Waals surface area contributed by atoms with Crippen LogP contribution in [0.2, 0.25) is 0 Å². The van der Waals surface area contributed by atoms with Gasteiger partial charge in [-0.15, -0.1) is 0 Å². The molecule has 4 nitrogen and oxygen atoms in total. The standard InChI is InChI=1S/C5H11NO3S/c1-5(4-7)6(2)10(3,8)9/h4-5H,1-3H3. The zero-order valence-electron chi connectivity index (χ0n) is 6.23. The lowest BCUT2D eigenvalue weighted by Crippen LogP contribution is -2.34. The summed E-state index contributed by atoms with van der Waals surface area (Å²) in [7, 11) is -1.84. The minimum absolute atomic E-state index is 0.574. The predicted octanol–water partition coefficient (Wildman–Crippen LogP) is -0.535. The van der Waals surface area contributed by atoms with E-state index in [1.165, 1.54) is 14.0 Å². The van der Waals surface area contributed by atoms with Crippen LogP contribution in [0.25, 0.3) is 0 Å². The Morgan fingerprint density at radius 1 is 1.50 bits per heavy atom. The first-order valence-corrected chi connectivity index (χ1v) is 4.62. The summed E-state index contributed by atoms with van der Waals surface area (Å²) in [6, 6.07) is -0.574. The number of carbonyl (C=O) groups excluding carboxylic acids is 1. The van der Waals surface area contributed by atoms with Crippen molar-refractivity contribution in [3.63, 3.8) is 0 Å². The molecule has 5 heteroatoms. The molecule has 0 aliphatic rings. The Kier molecular flexibility index (Phi) is 2.98. The first kappa shape index (κ1) is 9.58. The van der Waals surface area contributed by atoms with E-state index in [1.54, 1.807) is 0 Å². The van der Waals surface area contributed by atoms with Crippen LogP contribution in [0, 0.1) is 0 Å². The number of rotatable bonds is 3. The topological polar surface area (TPSA) is 54.5 Å². The van der Waals surface area contributed by atoms with Crippen molar-refractivity contribution < 1.29 is 13.2 Å². The number of hydrogen-bond donors (Lipinski definition) is 0. The summed E-state index contributed by atoms with van der Waals surface area (Å²) in [6.07, 6.45) is 1.65. The molecule has 0 aliphatic carbocycles. The third-order valence-corrected chi connectivity index (χ3v) is 2.67. The van der Waals surface area contributed by atoms with Gasteiger partial charge in [-0.2, -0.15) is 4.31 Å². The molecule has 0 aromatic heterocycles. The zero-order chi connectivity index (χ0) is 8.36. The van der Waals surface area contributed by atoms with E-state index >= 15 is 0 Å². The molecule has 0 fully saturated rings. The van der Waals surface area contributed by atoms with Gasteiger partial charge in [0, 0.05) is 7.05 Å². The molecule has 0 saturated carbocycles. The van der Waals surface area contributed by atoms with Crippen LogP contribution in [0.4, 0.5) is 0 Å². The minimum atomic E-state index is -3.21. The molecule has 0 aliphatic heterocycles. The number of aldehydes is 1. The largest absolute Gasteiger partial charge is 0.302 e. The smallest absolute Gasteiger partial charge is 0.211 e. The number of carbonyl (C=O) groups is 1. The van der Waals surface area contributed by atoms with Gasteiger partial charge in [-0.05, 0) is 6.92 Å². The highest BCUT2D eigenvalue weighted by Crippen LogP contribution is 1.97. The van der Waals surface area contributed by atoms with Gasteiger partial charge in [0.2, 0.25) is 10.0 Å². The molecule has 0 radical (unpaired) electrons. The van der Waals surface area contributed by atoms with E-state index in [9.17, 15) is 13.2 Å². The molecule has 0 heterocycles. The molecule has 0 bridgehead atoms. The van der Waals surface area contributed by atoms with Crippen molar-refractivity contribution >= 4 is 16.3 Å². The maximum atomic E-state index is 10.7. The highest BCUT2D eigenvalue weighted by molar-refractivity contribution is 7.88.